The van der Waals surface area contributed by atoms with Crippen LogP contribution in [-0.2, 0) is 14.3 Å². The number of rotatable bonds is 7. The molecule has 0 radical (unpaired) electrons. The fraction of sp³-hybridized carbons (Fsp3) is 0.214. The van der Waals surface area contributed by atoms with Gasteiger partial charge in [-0.2, -0.15) is 0 Å². The predicted molar refractivity (Wildman–Crippen MR) is 72.9 cm³/mol. The summed E-state index contributed by atoms with van der Waals surface area (Å²) in [5.41, 5.74) is 0.476. The number of hydrogen-bond acceptors (Lipinski definition) is 5. The molecule has 5 nitrogen and oxygen atoms in total. The zero-order chi connectivity index (χ0) is 15.0. The summed E-state index contributed by atoms with van der Waals surface area (Å²) in [6.45, 7) is 3.24. The van der Waals surface area contributed by atoms with Crippen LogP contribution in [0.3, 0.4) is 0 Å². The lowest BCUT2D eigenvalue weighted by Gasteiger charge is -2.09. The van der Waals surface area contributed by atoms with Crippen LogP contribution in [0, 0.1) is 0 Å². The van der Waals surface area contributed by atoms with Crippen molar-refractivity contribution >= 4 is 29.8 Å². The summed E-state index contributed by atoms with van der Waals surface area (Å²) in [7, 11) is 0. The van der Waals surface area contributed by atoms with Crippen LogP contribution in [0.25, 0.3) is 0 Å². The molecular formula is C14H13ClO5. The van der Waals surface area contributed by atoms with Crippen LogP contribution in [0.4, 0.5) is 0 Å². The SMILES string of the molecule is C=CC(=O)OCCC(Cl)C(=O)Oc1ccc(C=O)cc1. The topological polar surface area (TPSA) is 69.7 Å². The Morgan fingerprint density at radius 2 is 1.95 bits per heavy atom. The fourth-order valence-corrected chi connectivity index (χ4v) is 1.37. The molecule has 0 fully saturated rings. The molecule has 0 aromatic heterocycles. The van der Waals surface area contributed by atoms with Crippen molar-refractivity contribution in [2.45, 2.75) is 11.8 Å². The third kappa shape index (κ3) is 5.24. The lowest BCUT2D eigenvalue weighted by molar-refractivity contribution is -0.140. The van der Waals surface area contributed by atoms with Crippen molar-refractivity contribution < 1.29 is 23.9 Å². The quantitative estimate of drug-likeness (QED) is 0.253. The van der Waals surface area contributed by atoms with Gasteiger partial charge in [0.1, 0.15) is 17.4 Å². The molecule has 0 aliphatic rings. The maximum absolute atomic E-state index is 11.6. The number of carbonyl (C=O) groups excluding carboxylic acids is 3. The molecule has 0 bridgehead atoms. The van der Waals surface area contributed by atoms with Crippen molar-refractivity contribution in [2.24, 2.45) is 0 Å². The molecule has 1 unspecified atom stereocenters. The molecule has 0 saturated carbocycles. The molecule has 106 valence electrons. The maximum Gasteiger partial charge on any atom is 0.330 e. The highest BCUT2D eigenvalue weighted by Crippen LogP contribution is 2.14. The van der Waals surface area contributed by atoms with E-state index in [9.17, 15) is 14.4 Å². The van der Waals surface area contributed by atoms with Crippen molar-refractivity contribution in [3.8, 4) is 5.75 Å². The van der Waals surface area contributed by atoms with E-state index in [0.29, 0.717) is 11.8 Å². The standard InChI is InChI=1S/C14H13ClO5/c1-2-13(17)19-8-7-12(15)14(18)20-11-5-3-10(9-16)4-6-11/h2-6,9,12H,1,7-8H2. The number of aldehydes is 1. The first-order chi connectivity index (χ1) is 9.56. The normalized spacial score (nSPS) is 11.2. The van der Waals surface area contributed by atoms with Crippen molar-refractivity contribution in [3.63, 3.8) is 0 Å². The van der Waals surface area contributed by atoms with Gasteiger partial charge < -0.3 is 9.47 Å². The zero-order valence-corrected chi connectivity index (χ0v) is 11.3. The molecule has 1 aromatic carbocycles. The van der Waals surface area contributed by atoms with Gasteiger partial charge in [0.15, 0.2) is 0 Å². The fourth-order valence-electron chi connectivity index (χ4n) is 1.23. The largest absolute Gasteiger partial charge is 0.462 e. The molecule has 0 N–H and O–H groups in total. The Hall–Kier alpha value is -2.14. The van der Waals surface area contributed by atoms with Crippen LogP contribution in [0.2, 0.25) is 0 Å². The Balaban J connectivity index is 2.42. The molecule has 0 heterocycles. The van der Waals surface area contributed by atoms with Gasteiger partial charge in [-0.1, -0.05) is 6.58 Å². The molecule has 0 aliphatic carbocycles. The molecule has 0 spiro atoms. The van der Waals surface area contributed by atoms with Gasteiger partial charge in [-0.05, 0) is 24.3 Å². The monoisotopic (exact) mass is 296 g/mol. The average Bonchev–Trinajstić information content (AvgIpc) is 2.47. The highest BCUT2D eigenvalue weighted by atomic mass is 35.5. The first kappa shape index (κ1) is 15.9. The van der Waals surface area contributed by atoms with Crippen LogP contribution in [0.15, 0.2) is 36.9 Å². The van der Waals surface area contributed by atoms with Gasteiger partial charge >= 0.3 is 11.9 Å². The van der Waals surface area contributed by atoms with Crippen molar-refractivity contribution in [3.05, 3.63) is 42.5 Å². The molecule has 1 aromatic rings. The van der Waals surface area contributed by atoms with Gasteiger partial charge in [0.25, 0.3) is 0 Å². The van der Waals surface area contributed by atoms with Gasteiger partial charge in [-0.25, -0.2) is 4.79 Å². The van der Waals surface area contributed by atoms with E-state index in [2.05, 4.69) is 6.58 Å². The molecule has 20 heavy (non-hydrogen) atoms. The summed E-state index contributed by atoms with van der Waals surface area (Å²) in [6.07, 6.45) is 1.84. The van der Waals surface area contributed by atoms with Crippen LogP contribution < -0.4 is 4.74 Å². The number of alkyl halides is 1. The Bertz CT molecular complexity index is 495. The van der Waals surface area contributed by atoms with Crippen LogP contribution >= 0.6 is 11.6 Å². The van der Waals surface area contributed by atoms with E-state index in [1.54, 1.807) is 0 Å². The summed E-state index contributed by atoms with van der Waals surface area (Å²) < 4.78 is 9.72. The summed E-state index contributed by atoms with van der Waals surface area (Å²) >= 11 is 5.82. The highest BCUT2D eigenvalue weighted by molar-refractivity contribution is 6.30. The van der Waals surface area contributed by atoms with Crippen LogP contribution in [0.5, 0.6) is 5.75 Å². The second kappa shape index (κ2) is 8.12. The number of halogens is 1. The number of benzene rings is 1. The van der Waals surface area contributed by atoms with Crippen LogP contribution in [-0.4, -0.2) is 30.2 Å². The van der Waals surface area contributed by atoms with E-state index in [1.807, 2.05) is 0 Å². The summed E-state index contributed by atoms with van der Waals surface area (Å²) in [4.78, 5) is 32.9. The van der Waals surface area contributed by atoms with Gasteiger partial charge in [0.05, 0.1) is 6.61 Å². The van der Waals surface area contributed by atoms with Crippen molar-refractivity contribution in [1.29, 1.82) is 0 Å². The summed E-state index contributed by atoms with van der Waals surface area (Å²) in [5, 5.41) is -0.932. The Morgan fingerprint density at radius 3 is 2.50 bits per heavy atom. The Kier molecular flexibility index (Phi) is 6.46. The van der Waals surface area contributed by atoms with Gasteiger partial charge in [-0.15, -0.1) is 11.6 Å². The van der Waals surface area contributed by atoms with E-state index in [4.69, 9.17) is 21.1 Å². The minimum Gasteiger partial charge on any atom is -0.462 e. The smallest absolute Gasteiger partial charge is 0.330 e. The van der Waals surface area contributed by atoms with Crippen LogP contribution in [0.1, 0.15) is 16.8 Å². The predicted octanol–water partition coefficient (Wildman–Crippen LogP) is 2.13. The second-order valence-electron chi connectivity index (χ2n) is 3.74. The lowest BCUT2D eigenvalue weighted by atomic mass is 10.2. The maximum atomic E-state index is 11.6. The second-order valence-corrected chi connectivity index (χ2v) is 4.26. The van der Waals surface area contributed by atoms with E-state index in [1.165, 1.54) is 24.3 Å². The van der Waals surface area contributed by atoms with Gasteiger partial charge in [-0.3, -0.25) is 9.59 Å². The average molecular weight is 297 g/mol. The number of carbonyl (C=O) groups is 3. The zero-order valence-electron chi connectivity index (χ0n) is 10.6. The number of ether oxygens (including phenoxy) is 2. The molecule has 0 amide bonds. The van der Waals surface area contributed by atoms with Gasteiger partial charge in [0, 0.05) is 18.1 Å². The third-order valence-electron chi connectivity index (χ3n) is 2.27. The number of hydrogen-bond donors (Lipinski definition) is 0. The minimum absolute atomic E-state index is 0.00179. The minimum atomic E-state index is -0.932. The molecule has 1 rings (SSSR count). The summed E-state index contributed by atoms with van der Waals surface area (Å²) in [6, 6.07) is 6.02. The van der Waals surface area contributed by atoms with Crippen molar-refractivity contribution in [1.82, 2.24) is 0 Å². The molecule has 1 atom stereocenters. The molecule has 0 saturated heterocycles. The summed E-state index contributed by atoms with van der Waals surface area (Å²) in [5.74, 6) is -0.943. The lowest BCUT2D eigenvalue weighted by Crippen LogP contribution is -2.22. The third-order valence-corrected chi connectivity index (χ3v) is 2.67. The highest BCUT2D eigenvalue weighted by Gasteiger charge is 2.18. The van der Waals surface area contributed by atoms with E-state index >= 15 is 0 Å². The van der Waals surface area contributed by atoms with E-state index < -0.39 is 17.3 Å². The van der Waals surface area contributed by atoms with Gasteiger partial charge in [0.2, 0.25) is 0 Å². The number of esters is 2. The van der Waals surface area contributed by atoms with E-state index in [-0.39, 0.29) is 18.8 Å². The van der Waals surface area contributed by atoms with Crippen molar-refractivity contribution in [2.75, 3.05) is 6.61 Å². The Morgan fingerprint density at radius 1 is 1.30 bits per heavy atom. The Labute approximate surface area is 121 Å². The van der Waals surface area contributed by atoms with E-state index in [0.717, 1.165) is 6.08 Å². The molecule has 6 heteroatoms. The first-order valence-corrected chi connectivity index (χ1v) is 6.20. The molecular weight excluding hydrogens is 284 g/mol. The first-order valence-electron chi connectivity index (χ1n) is 5.77. The molecule has 0 aliphatic heterocycles.